The average molecular weight is 819 g/mol. The number of rotatable bonds is 8. The summed E-state index contributed by atoms with van der Waals surface area (Å²) in [7, 11) is -2.83. The van der Waals surface area contributed by atoms with E-state index in [0.29, 0.717) is 0 Å². The SMILES string of the molecule is c1ccc(-c2ccc(-n3c4cccc(-c5ccccc5)c4c4cccc(-n5c6ccccc6c6ccc([Si](c7ccccc7)(c7ccccc7)c7ccccc7)cc65)c43)cc2)cc1. The molecule has 12 rings (SSSR count). The van der Waals surface area contributed by atoms with Gasteiger partial charge in [-0.2, -0.15) is 0 Å². The van der Waals surface area contributed by atoms with Crippen molar-refractivity contribution in [3.05, 3.63) is 255 Å². The van der Waals surface area contributed by atoms with Crippen LogP contribution >= 0.6 is 0 Å². The van der Waals surface area contributed by atoms with Crippen molar-refractivity contribution in [2.45, 2.75) is 0 Å². The molecule has 63 heavy (non-hydrogen) atoms. The molecule has 0 aliphatic rings. The maximum Gasteiger partial charge on any atom is 0.179 e. The molecule has 0 atom stereocenters. The average Bonchev–Trinajstić information content (AvgIpc) is 3.89. The molecule has 3 heteroatoms. The standard InChI is InChI=1S/C60H42N2Si/c1-6-20-43(21-7-1)44-36-38-46(39-37-44)61-56-34-18-31-51(45-22-8-2-9-23-45)59(56)54-32-19-35-57(60(54)61)62-55-33-17-16-30-52(55)53-41-40-50(42-58(53)62)63(47-24-10-3-11-25-47,48-26-12-4-13-27-48)49-28-14-5-15-29-49/h1-42H. The van der Waals surface area contributed by atoms with E-state index < -0.39 is 8.07 Å². The zero-order chi connectivity index (χ0) is 41.7. The lowest BCUT2D eigenvalue weighted by Gasteiger charge is -2.34. The molecule has 296 valence electrons. The van der Waals surface area contributed by atoms with Crippen LogP contribution in [0.1, 0.15) is 0 Å². The van der Waals surface area contributed by atoms with E-state index in [9.17, 15) is 0 Å². The van der Waals surface area contributed by atoms with Gasteiger partial charge in [0.15, 0.2) is 8.07 Å². The van der Waals surface area contributed by atoms with Gasteiger partial charge < -0.3 is 9.13 Å². The summed E-state index contributed by atoms with van der Waals surface area (Å²) in [5, 5.41) is 10.4. The minimum atomic E-state index is -2.83. The van der Waals surface area contributed by atoms with Crippen molar-refractivity contribution in [3.8, 4) is 33.6 Å². The molecule has 2 aromatic heterocycles. The summed E-state index contributed by atoms with van der Waals surface area (Å²) in [6, 6.07) is 94.3. The minimum absolute atomic E-state index is 1.12. The third-order valence-electron chi connectivity index (χ3n) is 13.1. The van der Waals surface area contributed by atoms with Crippen molar-refractivity contribution < 1.29 is 0 Å². The van der Waals surface area contributed by atoms with Crippen LogP contribution in [-0.4, -0.2) is 17.2 Å². The number of hydrogen-bond donors (Lipinski definition) is 0. The van der Waals surface area contributed by atoms with Gasteiger partial charge in [-0.1, -0.05) is 218 Å². The van der Waals surface area contributed by atoms with Crippen molar-refractivity contribution in [1.29, 1.82) is 0 Å². The van der Waals surface area contributed by atoms with Crippen LogP contribution in [0.4, 0.5) is 0 Å². The number of para-hydroxylation sites is 2. The second-order valence-corrected chi connectivity index (χ2v) is 20.2. The molecule has 0 radical (unpaired) electrons. The Morgan fingerprint density at radius 2 is 0.778 bits per heavy atom. The van der Waals surface area contributed by atoms with Gasteiger partial charge in [0.05, 0.1) is 27.8 Å². The summed E-state index contributed by atoms with van der Waals surface area (Å²) in [6.45, 7) is 0. The van der Waals surface area contributed by atoms with Gasteiger partial charge in [-0.05, 0) is 79.4 Å². The smallest absolute Gasteiger partial charge is 0.179 e. The first-order chi connectivity index (χ1) is 31.3. The molecule has 0 amide bonds. The maximum atomic E-state index is 2.55. The van der Waals surface area contributed by atoms with Gasteiger partial charge in [-0.3, -0.25) is 0 Å². The second-order valence-electron chi connectivity index (χ2n) is 16.4. The zero-order valence-corrected chi connectivity index (χ0v) is 35.6. The highest BCUT2D eigenvalue weighted by atomic mass is 28.3. The predicted molar refractivity (Wildman–Crippen MR) is 270 cm³/mol. The fourth-order valence-electron chi connectivity index (χ4n) is 10.4. The Morgan fingerprint density at radius 3 is 1.41 bits per heavy atom. The van der Waals surface area contributed by atoms with Gasteiger partial charge in [0, 0.05) is 27.2 Å². The third-order valence-corrected chi connectivity index (χ3v) is 17.9. The van der Waals surface area contributed by atoms with Crippen LogP contribution in [0.2, 0.25) is 0 Å². The lowest BCUT2D eigenvalue weighted by atomic mass is 9.99. The fourth-order valence-corrected chi connectivity index (χ4v) is 15.1. The third kappa shape index (κ3) is 5.85. The van der Waals surface area contributed by atoms with Crippen molar-refractivity contribution in [2.75, 3.05) is 0 Å². The van der Waals surface area contributed by atoms with Crippen LogP contribution in [-0.2, 0) is 0 Å². The summed E-state index contributed by atoms with van der Waals surface area (Å²) >= 11 is 0. The number of fused-ring (bicyclic) bond motifs is 6. The van der Waals surface area contributed by atoms with Crippen molar-refractivity contribution in [3.63, 3.8) is 0 Å². The molecule has 0 aliphatic carbocycles. The normalized spacial score (nSPS) is 11.8. The Hall–Kier alpha value is -7.98. The van der Waals surface area contributed by atoms with E-state index >= 15 is 0 Å². The topological polar surface area (TPSA) is 9.86 Å². The first-order valence-electron chi connectivity index (χ1n) is 21.8. The number of hydrogen-bond acceptors (Lipinski definition) is 0. The van der Waals surface area contributed by atoms with E-state index in [-0.39, 0.29) is 0 Å². The first kappa shape index (κ1) is 36.8. The summed E-state index contributed by atoms with van der Waals surface area (Å²) < 4.78 is 5.05. The number of nitrogens with zero attached hydrogens (tertiary/aromatic N) is 2. The lowest BCUT2D eigenvalue weighted by Crippen LogP contribution is -2.74. The van der Waals surface area contributed by atoms with Gasteiger partial charge in [-0.15, -0.1) is 0 Å². The highest BCUT2D eigenvalue weighted by molar-refractivity contribution is 7.20. The molecular formula is C60H42N2Si. The second kappa shape index (κ2) is 15.2. The quantitative estimate of drug-likeness (QED) is 0.107. The Morgan fingerprint density at radius 1 is 0.286 bits per heavy atom. The molecule has 12 aromatic rings. The van der Waals surface area contributed by atoms with Gasteiger partial charge in [0.2, 0.25) is 0 Å². The Balaban J connectivity index is 1.20. The molecule has 0 saturated carbocycles. The van der Waals surface area contributed by atoms with Crippen molar-refractivity contribution >= 4 is 72.4 Å². The van der Waals surface area contributed by atoms with E-state index in [1.54, 1.807) is 0 Å². The Bertz CT molecular complexity index is 3480. The van der Waals surface area contributed by atoms with Crippen LogP contribution in [0, 0.1) is 0 Å². The van der Waals surface area contributed by atoms with E-state index in [4.69, 9.17) is 0 Å². The van der Waals surface area contributed by atoms with E-state index in [1.165, 1.54) is 86.6 Å². The molecular weight excluding hydrogens is 777 g/mol. The maximum absolute atomic E-state index is 2.83. The molecule has 2 heterocycles. The predicted octanol–water partition coefficient (Wildman–Crippen LogP) is 12.6. The zero-order valence-electron chi connectivity index (χ0n) is 34.6. The summed E-state index contributed by atoms with van der Waals surface area (Å²) in [6.07, 6.45) is 0. The minimum Gasteiger partial charge on any atom is -0.307 e. The van der Waals surface area contributed by atoms with Gasteiger partial charge in [-0.25, -0.2) is 0 Å². The van der Waals surface area contributed by atoms with Gasteiger partial charge >= 0.3 is 0 Å². The summed E-state index contributed by atoms with van der Waals surface area (Å²) in [5.74, 6) is 0. The lowest BCUT2D eigenvalue weighted by molar-refractivity contribution is 1.13. The van der Waals surface area contributed by atoms with Crippen LogP contribution in [0.15, 0.2) is 255 Å². The molecule has 0 saturated heterocycles. The first-order valence-corrected chi connectivity index (χ1v) is 23.8. The number of aromatic nitrogens is 2. The Labute approximate surface area is 368 Å². The van der Waals surface area contributed by atoms with Crippen LogP contribution in [0.5, 0.6) is 0 Å². The molecule has 0 unspecified atom stereocenters. The van der Waals surface area contributed by atoms with E-state index in [1.807, 2.05) is 0 Å². The molecule has 0 bridgehead atoms. The van der Waals surface area contributed by atoms with E-state index in [0.717, 1.165) is 11.4 Å². The van der Waals surface area contributed by atoms with E-state index in [2.05, 4.69) is 264 Å². The van der Waals surface area contributed by atoms with Gasteiger partial charge in [0.1, 0.15) is 0 Å². The van der Waals surface area contributed by atoms with Crippen LogP contribution in [0.3, 0.4) is 0 Å². The highest BCUT2D eigenvalue weighted by Crippen LogP contribution is 2.43. The van der Waals surface area contributed by atoms with Crippen molar-refractivity contribution in [1.82, 2.24) is 9.13 Å². The van der Waals surface area contributed by atoms with Crippen LogP contribution < -0.4 is 20.7 Å². The van der Waals surface area contributed by atoms with Crippen molar-refractivity contribution in [2.24, 2.45) is 0 Å². The molecule has 0 spiro atoms. The highest BCUT2D eigenvalue weighted by Gasteiger charge is 2.41. The molecule has 0 aliphatic heterocycles. The largest absolute Gasteiger partial charge is 0.307 e. The molecule has 10 aromatic carbocycles. The Kier molecular flexibility index (Phi) is 8.87. The molecule has 0 fully saturated rings. The summed E-state index contributed by atoms with van der Waals surface area (Å²) in [5.41, 5.74) is 11.8. The number of benzene rings is 10. The fraction of sp³-hybridized carbons (Fsp3) is 0. The monoisotopic (exact) mass is 818 g/mol. The summed E-state index contributed by atoms with van der Waals surface area (Å²) in [4.78, 5) is 0. The molecule has 2 nitrogen and oxygen atoms in total. The van der Waals surface area contributed by atoms with Crippen LogP contribution in [0.25, 0.3) is 77.2 Å². The molecule has 0 N–H and O–H groups in total. The van der Waals surface area contributed by atoms with Gasteiger partial charge in [0.25, 0.3) is 0 Å².